The molecule has 0 radical (unpaired) electrons. The zero-order valence-electron chi connectivity index (χ0n) is 18.3. The quantitative estimate of drug-likeness (QED) is 0.454. The Labute approximate surface area is 189 Å². The summed E-state index contributed by atoms with van der Waals surface area (Å²) in [5.41, 5.74) is 2.11. The van der Waals surface area contributed by atoms with Crippen LogP contribution in [0.2, 0.25) is 0 Å². The largest absolute Gasteiger partial charge is 0.480 e. The molecule has 0 spiro atoms. The third-order valence-electron chi connectivity index (χ3n) is 5.76. The van der Waals surface area contributed by atoms with Crippen molar-refractivity contribution in [2.45, 2.75) is 38.9 Å². The number of carboxylic acids is 1. The number of carbonyl (C=O) groups is 1. The van der Waals surface area contributed by atoms with Crippen LogP contribution in [0, 0.1) is 6.92 Å². The molecule has 1 saturated heterocycles. The Hall–Kier alpha value is -4.15. The first kappa shape index (κ1) is 20.7. The first-order chi connectivity index (χ1) is 16.0. The predicted molar refractivity (Wildman–Crippen MR) is 122 cm³/mol. The van der Waals surface area contributed by atoms with Crippen molar-refractivity contribution in [3.8, 4) is 11.4 Å². The average Bonchev–Trinajstić information content (AvgIpc) is 3.42. The zero-order chi connectivity index (χ0) is 22.9. The van der Waals surface area contributed by atoms with Gasteiger partial charge in [-0.25, -0.2) is 34.7 Å². The molecule has 5 rings (SSSR count). The van der Waals surface area contributed by atoms with Gasteiger partial charge in [0.15, 0.2) is 17.0 Å². The monoisotopic (exact) mass is 445 g/mol. The molecule has 11 heteroatoms. The standard InChI is InChI=1S/C22H23N9O2/c1-3-30-20(14-9-24-13(2)25-10-14)29-18-19(26-12-27-21(18)30)28-15-8-16(22(32)33)31(11-15)17-6-4-5-7-23-17/h4-7,9-10,12,15-16H,3,8,11H2,1-2H3,(H,32,33)(H,26,27,28)/t15-,16+/m0/s1. The molecule has 0 unspecified atom stereocenters. The first-order valence-corrected chi connectivity index (χ1v) is 10.7. The molecule has 0 aromatic carbocycles. The van der Waals surface area contributed by atoms with Gasteiger partial charge in [-0.1, -0.05) is 6.07 Å². The fourth-order valence-electron chi connectivity index (χ4n) is 4.21. The number of aryl methyl sites for hydroxylation is 2. The summed E-state index contributed by atoms with van der Waals surface area (Å²) in [6, 6.07) is 4.65. The number of rotatable bonds is 6. The van der Waals surface area contributed by atoms with Gasteiger partial charge in [-0.05, 0) is 26.0 Å². The van der Waals surface area contributed by atoms with E-state index in [0.29, 0.717) is 54.0 Å². The van der Waals surface area contributed by atoms with Gasteiger partial charge < -0.3 is 19.9 Å². The number of carboxylic acid groups (broad SMARTS) is 1. The number of hydrogen-bond acceptors (Lipinski definition) is 9. The third-order valence-corrected chi connectivity index (χ3v) is 5.76. The van der Waals surface area contributed by atoms with Gasteiger partial charge >= 0.3 is 5.97 Å². The first-order valence-electron chi connectivity index (χ1n) is 10.7. The smallest absolute Gasteiger partial charge is 0.326 e. The summed E-state index contributed by atoms with van der Waals surface area (Å²) in [7, 11) is 0. The van der Waals surface area contributed by atoms with Crippen LogP contribution >= 0.6 is 0 Å². The summed E-state index contributed by atoms with van der Waals surface area (Å²) in [5.74, 6) is 1.72. The lowest BCUT2D eigenvalue weighted by Crippen LogP contribution is -2.36. The van der Waals surface area contributed by atoms with E-state index in [9.17, 15) is 9.90 Å². The lowest BCUT2D eigenvalue weighted by Gasteiger charge is -2.22. The minimum absolute atomic E-state index is 0.149. The number of anilines is 2. The highest BCUT2D eigenvalue weighted by molar-refractivity contribution is 5.86. The van der Waals surface area contributed by atoms with E-state index in [-0.39, 0.29) is 6.04 Å². The van der Waals surface area contributed by atoms with Crippen LogP contribution in [0.3, 0.4) is 0 Å². The molecular weight excluding hydrogens is 422 g/mol. The second kappa shape index (κ2) is 8.41. The summed E-state index contributed by atoms with van der Waals surface area (Å²) >= 11 is 0. The normalized spacial score (nSPS) is 18.1. The summed E-state index contributed by atoms with van der Waals surface area (Å²) < 4.78 is 1.99. The van der Waals surface area contributed by atoms with Gasteiger partial charge in [0.05, 0.1) is 5.56 Å². The Morgan fingerprint density at radius 1 is 1.18 bits per heavy atom. The molecule has 1 aliphatic rings. The molecule has 4 aromatic heterocycles. The molecular formula is C22H23N9O2. The van der Waals surface area contributed by atoms with Crippen molar-refractivity contribution in [2.24, 2.45) is 0 Å². The number of hydrogen-bond donors (Lipinski definition) is 2. The average molecular weight is 445 g/mol. The van der Waals surface area contributed by atoms with Crippen LogP contribution in [0.5, 0.6) is 0 Å². The van der Waals surface area contributed by atoms with Gasteiger partial charge in [0.25, 0.3) is 0 Å². The molecule has 4 aromatic rings. The van der Waals surface area contributed by atoms with Gasteiger partial charge in [-0.2, -0.15) is 0 Å². The Balaban J connectivity index is 1.48. The molecule has 0 aliphatic carbocycles. The van der Waals surface area contributed by atoms with E-state index >= 15 is 0 Å². The van der Waals surface area contributed by atoms with Crippen molar-refractivity contribution in [2.75, 3.05) is 16.8 Å². The minimum atomic E-state index is -0.880. The van der Waals surface area contributed by atoms with E-state index in [1.54, 1.807) is 23.5 Å². The van der Waals surface area contributed by atoms with Crippen LogP contribution in [0.1, 0.15) is 19.2 Å². The fraction of sp³-hybridized carbons (Fsp3) is 0.318. The van der Waals surface area contributed by atoms with Crippen molar-refractivity contribution in [3.05, 3.63) is 48.9 Å². The molecule has 33 heavy (non-hydrogen) atoms. The van der Waals surface area contributed by atoms with Crippen LogP contribution in [-0.2, 0) is 11.3 Å². The Bertz CT molecular complexity index is 1290. The van der Waals surface area contributed by atoms with E-state index in [2.05, 4.69) is 30.2 Å². The van der Waals surface area contributed by atoms with Crippen molar-refractivity contribution in [1.29, 1.82) is 0 Å². The van der Waals surface area contributed by atoms with E-state index in [4.69, 9.17) is 4.98 Å². The fourth-order valence-corrected chi connectivity index (χ4v) is 4.21. The number of fused-ring (bicyclic) bond motifs is 1. The van der Waals surface area contributed by atoms with Crippen LogP contribution < -0.4 is 10.2 Å². The Morgan fingerprint density at radius 3 is 2.70 bits per heavy atom. The molecule has 11 nitrogen and oxygen atoms in total. The Morgan fingerprint density at radius 2 is 2.00 bits per heavy atom. The molecule has 168 valence electrons. The summed E-state index contributed by atoms with van der Waals surface area (Å²) in [6.07, 6.45) is 7.06. The molecule has 1 aliphatic heterocycles. The van der Waals surface area contributed by atoms with Crippen molar-refractivity contribution >= 4 is 28.8 Å². The van der Waals surface area contributed by atoms with Gasteiger partial charge in [0.1, 0.15) is 29.8 Å². The van der Waals surface area contributed by atoms with Gasteiger partial charge in [-0.15, -0.1) is 0 Å². The minimum Gasteiger partial charge on any atom is -0.480 e. The maximum atomic E-state index is 11.9. The van der Waals surface area contributed by atoms with Gasteiger partial charge in [0.2, 0.25) is 0 Å². The molecule has 0 bridgehead atoms. The van der Waals surface area contributed by atoms with Crippen LogP contribution in [0.15, 0.2) is 43.1 Å². The molecule has 1 fully saturated rings. The maximum absolute atomic E-state index is 11.9. The van der Waals surface area contributed by atoms with Crippen LogP contribution in [-0.4, -0.2) is 64.2 Å². The lowest BCUT2D eigenvalue weighted by atomic mass is 10.1. The SMILES string of the molecule is CCn1c(-c2cnc(C)nc2)nc2c(N[C@H]3C[C@H](C(=O)O)N(c4ccccn4)C3)ncnc21. The lowest BCUT2D eigenvalue weighted by molar-refractivity contribution is -0.138. The number of nitrogens with one attached hydrogen (secondary N) is 1. The maximum Gasteiger partial charge on any atom is 0.326 e. The molecule has 2 atom stereocenters. The summed E-state index contributed by atoms with van der Waals surface area (Å²) in [4.78, 5) is 40.3. The highest BCUT2D eigenvalue weighted by Crippen LogP contribution is 2.30. The second-order valence-electron chi connectivity index (χ2n) is 7.86. The third kappa shape index (κ3) is 3.81. The topological polar surface area (TPSA) is 135 Å². The molecule has 5 heterocycles. The van der Waals surface area contributed by atoms with E-state index in [1.807, 2.05) is 36.6 Å². The summed E-state index contributed by atoms with van der Waals surface area (Å²) in [6.45, 7) is 5.00. The number of aliphatic carboxylic acids is 1. The zero-order valence-corrected chi connectivity index (χ0v) is 18.3. The number of imidazole rings is 1. The van der Waals surface area contributed by atoms with Crippen molar-refractivity contribution < 1.29 is 9.90 Å². The second-order valence-corrected chi connectivity index (χ2v) is 7.86. The summed E-state index contributed by atoms with van der Waals surface area (Å²) in [5, 5.41) is 13.2. The highest BCUT2D eigenvalue weighted by atomic mass is 16.4. The highest BCUT2D eigenvalue weighted by Gasteiger charge is 2.38. The number of nitrogens with zero attached hydrogens (tertiary/aromatic N) is 8. The van der Waals surface area contributed by atoms with E-state index in [1.165, 1.54) is 6.33 Å². The van der Waals surface area contributed by atoms with Crippen LogP contribution in [0.25, 0.3) is 22.6 Å². The molecule has 0 amide bonds. The Kier molecular flexibility index (Phi) is 5.29. The van der Waals surface area contributed by atoms with Crippen LogP contribution in [0.4, 0.5) is 11.6 Å². The van der Waals surface area contributed by atoms with Crippen molar-refractivity contribution in [1.82, 2.24) is 34.5 Å². The van der Waals surface area contributed by atoms with Gasteiger partial charge in [0, 0.05) is 44.1 Å². The van der Waals surface area contributed by atoms with E-state index in [0.717, 1.165) is 5.56 Å². The van der Waals surface area contributed by atoms with Crippen molar-refractivity contribution in [3.63, 3.8) is 0 Å². The predicted octanol–water partition coefficient (Wildman–Crippen LogP) is 2.15. The molecule has 2 N–H and O–H groups in total. The van der Waals surface area contributed by atoms with Gasteiger partial charge in [-0.3, -0.25) is 0 Å². The van der Waals surface area contributed by atoms with E-state index < -0.39 is 12.0 Å². The molecule has 0 saturated carbocycles. The number of aromatic nitrogens is 7. The number of pyridine rings is 1.